The van der Waals surface area contributed by atoms with Crippen molar-refractivity contribution in [2.75, 3.05) is 4.72 Å². The third-order valence-electron chi connectivity index (χ3n) is 5.37. The van der Waals surface area contributed by atoms with Gasteiger partial charge in [0.2, 0.25) is 0 Å². The number of sulfonamides is 1. The SMILES string of the molecule is CC(Oc1ccc(/C=C/c2nc3ccc(-c4ccccc4NS(=O)(=O)C(F)(F)F)cc3[nH]2)cc1)C(F)(F)F. The van der Waals surface area contributed by atoms with Gasteiger partial charge in [-0.2, -0.15) is 34.8 Å². The molecule has 0 bridgehead atoms. The number of fused-ring (bicyclic) bond motifs is 1. The van der Waals surface area contributed by atoms with E-state index in [2.05, 4.69) is 9.97 Å². The van der Waals surface area contributed by atoms with Gasteiger partial charge in [-0.1, -0.05) is 42.5 Å². The van der Waals surface area contributed by atoms with E-state index >= 15 is 0 Å². The average molecular weight is 556 g/mol. The Morgan fingerprint density at radius 3 is 2.29 bits per heavy atom. The molecule has 0 aliphatic rings. The van der Waals surface area contributed by atoms with Gasteiger partial charge < -0.3 is 9.72 Å². The van der Waals surface area contributed by atoms with Crippen molar-refractivity contribution in [3.05, 3.63) is 78.1 Å². The first-order valence-corrected chi connectivity index (χ1v) is 12.4. The number of nitrogens with one attached hydrogen (secondary N) is 2. The molecule has 0 saturated heterocycles. The van der Waals surface area contributed by atoms with Crippen LogP contribution in [-0.4, -0.2) is 36.2 Å². The summed E-state index contributed by atoms with van der Waals surface area (Å²) in [5.41, 5.74) is -3.27. The molecule has 0 radical (unpaired) electrons. The first-order valence-electron chi connectivity index (χ1n) is 10.9. The van der Waals surface area contributed by atoms with Crippen molar-refractivity contribution in [2.45, 2.75) is 24.7 Å². The third-order valence-corrected chi connectivity index (χ3v) is 6.47. The number of H-pyrrole nitrogens is 1. The van der Waals surface area contributed by atoms with Gasteiger partial charge in [0.1, 0.15) is 11.6 Å². The second-order valence-electron chi connectivity index (χ2n) is 8.15. The highest BCUT2D eigenvalue weighted by molar-refractivity contribution is 7.93. The minimum absolute atomic E-state index is 0.0704. The Labute approximate surface area is 213 Å². The second kappa shape index (κ2) is 10.0. The highest BCUT2D eigenvalue weighted by Gasteiger charge is 2.46. The number of halogens is 6. The zero-order chi connectivity index (χ0) is 27.7. The number of anilines is 1. The summed E-state index contributed by atoms with van der Waals surface area (Å²) in [4.78, 5) is 7.46. The molecule has 1 unspecified atom stereocenters. The molecule has 38 heavy (non-hydrogen) atoms. The molecule has 0 aliphatic heterocycles. The van der Waals surface area contributed by atoms with Gasteiger partial charge in [-0.25, -0.2) is 4.98 Å². The van der Waals surface area contributed by atoms with Gasteiger partial charge in [0, 0.05) is 5.56 Å². The molecule has 4 rings (SSSR count). The number of ether oxygens (including phenoxy) is 1. The maximum Gasteiger partial charge on any atom is 0.516 e. The Hall–Kier alpha value is -4.00. The number of rotatable bonds is 7. The molecule has 4 aromatic rings. The first-order chi connectivity index (χ1) is 17.7. The van der Waals surface area contributed by atoms with Crippen molar-refractivity contribution >= 4 is 38.9 Å². The quantitative estimate of drug-likeness (QED) is 0.241. The molecule has 1 aromatic heterocycles. The molecule has 6 nitrogen and oxygen atoms in total. The normalized spacial score (nSPS) is 13.7. The lowest BCUT2D eigenvalue weighted by molar-refractivity contribution is -0.189. The Kier molecular flexibility index (Phi) is 7.15. The number of imidazole rings is 1. The molecule has 2 N–H and O–H groups in total. The number of hydrogen-bond donors (Lipinski definition) is 2. The molecule has 13 heteroatoms. The lowest BCUT2D eigenvalue weighted by Crippen LogP contribution is -2.31. The van der Waals surface area contributed by atoms with E-state index in [1.54, 1.807) is 53.3 Å². The van der Waals surface area contributed by atoms with E-state index < -0.39 is 27.8 Å². The number of aromatic nitrogens is 2. The first kappa shape index (κ1) is 27.0. The lowest BCUT2D eigenvalue weighted by Gasteiger charge is -2.17. The highest BCUT2D eigenvalue weighted by Crippen LogP contribution is 2.33. The van der Waals surface area contributed by atoms with E-state index in [0.717, 1.165) is 6.92 Å². The molecule has 3 aromatic carbocycles. The molecule has 0 fully saturated rings. The molecule has 1 atom stereocenters. The van der Waals surface area contributed by atoms with E-state index in [1.807, 2.05) is 0 Å². The van der Waals surface area contributed by atoms with E-state index in [-0.39, 0.29) is 17.0 Å². The smallest absolute Gasteiger partial charge is 0.481 e. The average Bonchev–Trinajstić information content (AvgIpc) is 3.24. The fraction of sp³-hybridized carbons (Fsp3) is 0.160. The number of alkyl halides is 6. The van der Waals surface area contributed by atoms with Crippen LogP contribution >= 0.6 is 0 Å². The summed E-state index contributed by atoms with van der Waals surface area (Å²) in [5.74, 6) is 0.510. The molecular weight excluding hydrogens is 536 g/mol. The van der Waals surface area contributed by atoms with Crippen molar-refractivity contribution in [2.24, 2.45) is 0 Å². The van der Waals surface area contributed by atoms with Crippen LogP contribution in [-0.2, 0) is 10.0 Å². The Morgan fingerprint density at radius 2 is 1.63 bits per heavy atom. The minimum atomic E-state index is -5.61. The third kappa shape index (κ3) is 6.10. The van der Waals surface area contributed by atoms with Gasteiger partial charge in [-0.3, -0.25) is 4.72 Å². The fourth-order valence-electron chi connectivity index (χ4n) is 3.41. The maximum atomic E-state index is 12.9. The molecule has 0 spiro atoms. The van der Waals surface area contributed by atoms with Crippen molar-refractivity contribution in [1.82, 2.24) is 9.97 Å². The van der Waals surface area contributed by atoms with Crippen LogP contribution in [0.3, 0.4) is 0 Å². The molecular formula is C25H19F6N3O3S. The van der Waals surface area contributed by atoms with Crippen LogP contribution in [0.2, 0.25) is 0 Å². The van der Waals surface area contributed by atoms with Gasteiger partial charge in [-0.15, -0.1) is 0 Å². The summed E-state index contributed by atoms with van der Waals surface area (Å²) in [5, 5.41) is 0. The van der Waals surface area contributed by atoms with Gasteiger partial charge in [0.05, 0.1) is 16.7 Å². The monoisotopic (exact) mass is 555 g/mol. The Morgan fingerprint density at radius 1 is 0.947 bits per heavy atom. The maximum absolute atomic E-state index is 12.9. The molecule has 1 heterocycles. The van der Waals surface area contributed by atoms with Crippen LogP contribution in [0.15, 0.2) is 66.7 Å². The van der Waals surface area contributed by atoms with E-state index in [4.69, 9.17) is 4.74 Å². The summed E-state index contributed by atoms with van der Waals surface area (Å²) < 4.78 is 106. The summed E-state index contributed by atoms with van der Waals surface area (Å²) in [6.07, 6.45) is -3.10. The van der Waals surface area contributed by atoms with Crippen molar-refractivity contribution in [1.29, 1.82) is 0 Å². The van der Waals surface area contributed by atoms with Gasteiger partial charge in [0.15, 0.2) is 6.10 Å². The van der Waals surface area contributed by atoms with E-state index in [9.17, 15) is 34.8 Å². The minimum Gasteiger partial charge on any atom is -0.481 e. The largest absolute Gasteiger partial charge is 0.516 e. The number of hydrogen-bond acceptors (Lipinski definition) is 4. The Balaban J connectivity index is 1.54. The van der Waals surface area contributed by atoms with Crippen LogP contribution in [0.5, 0.6) is 5.75 Å². The van der Waals surface area contributed by atoms with Crippen LogP contribution in [0.4, 0.5) is 32.0 Å². The lowest BCUT2D eigenvalue weighted by atomic mass is 10.0. The van der Waals surface area contributed by atoms with Gasteiger partial charge >= 0.3 is 21.7 Å². The van der Waals surface area contributed by atoms with E-state index in [1.165, 1.54) is 30.3 Å². The fourth-order valence-corrected chi connectivity index (χ4v) is 3.99. The number of aromatic amines is 1. The molecule has 200 valence electrons. The molecule has 0 amide bonds. The predicted octanol–water partition coefficient (Wildman–Crippen LogP) is 6.99. The number of nitrogens with zero attached hydrogens (tertiary/aromatic N) is 1. The van der Waals surface area contributed by atoms with Crippen LogP contribution in [0.1, 0.15) is 18.3 Å². The van der Waals surface area contributed by atoms with E-state index in [0.29, 0.717) is 28.0 Å². The topological polar surface area (TPSA) is 84.1 Å². The molecule has 0 saturated carbocycles. The van der Waals surface area contributed by atoms with Crippen molar-refractivity contribution < 1.29 is 39.5 Å². The van der Waals surface area contributed by atoms with Crippen LogP contribution in [0.25, 0.3) is 34.3 Å². The number of benzene rings is 3. The summed E-state index contributed by atoms with van der Waals surface area (Å²) in [6.45, 7) is 0.917. The zero-order valence-electron chi connectivity index (χ0n) is 19.4. The van der Waals surface area contributed by atoms with Crippen molar-refractivity contribution in [3.63, 3.8) is 0 Å². The second-order valence-corrected chi connectivity index (χ2v) is 9.83. The van der Waals surface area contributed by atoms with Crippen LogP contribution in [0, 0.1) is 0 Å². The van der Waals surface area contributed by atoms with Crippen molar-refractivity contribution in [3.8, 4) is 16.9 Å². The Bertz CT molecular complexity index is 1580. The summed E-state index contributed by atoms with van der Waals surface area (Å²) >= 11 is 0. The summed E-state index contributed by atoms with van der Waals surface area (Å²) in [7, 11) is -5.61. The zero-order valence-corrected chi connectivity index (χ0v) is 20.2. The standard InChI is InChI=1S/C25H19F6N3O3S/c1-15(24(26,27)28)37-18-10-6-16(7-11-18)8-13-23-32-21-12-9-17(14-22(21)33-23)19-4-2-3-5-20(19)34-38(35,36)25(29,30)31/h2-15,34H,1H3,(H,32,33)/b13-8+. The number of para-hydroxylation sites is 1. The molecule has 0 aliphatic carbocycles. The van der Waals surface area contributed by atoms with Gasteiger partial charge in [-0.05, 0) is 54.5 Å². The summed E-state index contributed by atoms with van der Waals surface area (Å²) in [6, 6.07) is 16.5. The van der Waals surface area contributed by atoms with Gasteiger partial charge in [0.25, 0.3) is 0 Å². The predicted molar refractivity (Wildman–Crippen MR) is 132 cm³/mol. The highest BCUT2D eigenvalue weighted by atomic mass is 32.2. The van der Waals surface area contributed by atoms with Crippen LogP contribution < -0.4 is 9.46 Å².